The Balaban J connectivity index is 2.02. The number of fused-ring (bicyclic) bond motifs is 1. The summed E-state index contributed by atoms with van der Waals surface area (Å²) in [4.78, 5) is 4.64. The zero-order chi connectivity index (χ0) is 18.7. The maximum absolute atomic E-state index is 10.9. The quantitative estimate of drug-likeness (QED) is 0.261. The van der Waals surface area contributed by atoms with Gasteiger partial charge in [0.15, 0.2) is 6.19 Å². The highest BCUT2D eigenvalue weighted by atomic mass is 79.9. The van der Waals surface area contributed by atoms with Crippen LogP contribution in [0.25, 0.3) is 0 Å². The Hall–Kier alpha value is -2.56. The van der Waals surface area contributed by atoms with E-state index in [4.69, 9.17) is 5.26 Å². The summed E-state index contributed by atoms with van der Waals surface area (Å²) >= 11 is 3.48. The van der Waals surface area contributed by atoms with Crippen molar-refractivity contribution in [1.82, 2.24) is 5.32 Å². The third-order valence-corrected chi connectivity index (χ3v) is 4.80. The summed E-state index contributed by atoms with van der Waals surface area (Å²) in [6.07, 6.45) is 1.12. The molecule has 4 N–H and O–H groups in total. The number of aliphatic hydroxyl groups excluding tert-OH is 1. The minimum absolute atomic E-state index is 0.284. The van der Waals surface area contributed by atoms with E-state index in [1.165, 1.54) is 0 Å². The Bertz CT molecular complexity index is 860. The molecule has 2 atom stereocenters. The van der Waals surface area contributed by atoms with Gasteiger partial charge in [-0.1, -0.05) is 34.1 Å². The molecule has 0 saturated heterocycles. The smallest absolute Gasteiger partial charge is 0.209 e. The predicted molar refractivity (Wildman–Crippen MR) is 107 cm³/mol. The van der Waals surface area contributed by atoms with Crippen molar-refractivity contribution in [2.24, 2.45) is 4.99 Å². The average Bonchev–Trinajstić information content (AvgIpc) is 2.60. The van der Waals surface area contributed by atoms with Gasteiger partial charge in [0.2, 0.25) is 5.96 Å². The zero-order valence-electron chi connectivity index (χ0n) is 14.5. The summed E-state index contributed by atoms with van der Waals surface area (Å²) in [7, 11) is 0. The molecule has 7 heteroatoms. The van der Waals surface area contributed by atoms with E-state index in [2.05, 4.69) is 36.9 Å². The minimum atomic E-state index is -0.780. The molecular formula is C19H20BrN5O. The molecule has 0 bridgehead atoms. The predicted octanol–water partition coefficient (Wildman–Crippen LogP) is 3.59. The monoisotopic (exact) mass is 413 g/mol. The number of hydrogen-bond acceptors (Lipinski definition) is 4. The fourth-order valence-corrected chi connectivity index (χ4v) is 3.34. The van der Waals surface area contributed by atoms with Crippen LogP contribution < -0.4 is 16.0 Å². The highest BCUT2D eigenvalue weighted by Crippen LogP contribution is 2.41. The molecule has 134 valence electrons. The van der Waals surface area contributed by atoms with Crippen molar-refractivity contribution in [3.05, 3.63) is 58.6 Å². The number of guanidine groups is 1. The topological polar surface area (TPSA) is 92.5 Å². The van der Waals surface area contributed by atoms with Crippen LogP contribution in [0.3, 0.4) is 0 Å². The van der Waals surface area contributed by atoms with Gasteiger partial charge >= 0.3 is 0 Å². The van der Waals surface area contributed by atoms with Crippen molar-refractivity contribution >= 4 is 33.3 Å². The second-order valence-electron chi connectivity index (χ2n) is 6.67. The van der Waals surface area contributed by atoms with Crippen molar-refractivity contribution < 1.29 is 5.11 Å². The first-order valence-corrected chi connectivity index (χ1v) is 9.00. The molecule has 1 aliphatic heterocycles. The van der Waals surface area contributed by atoms with Gasteiger partial charge in [-0.3, -0.25) is 5.32 Å². The van der Waals surface area contributed by atoms with Crippen LogP contribution in [0.15, 0.2) is 58.0 Å². The molecule has 0 spiro atoms. The fourth-order valence-electron chi connectivity index (χ4n) is 2.96. The Morgan fingerprint density at radius 2 is 2.00 bits per heavy atom. The van der Waals surface area contributed by atoms with Crippen LogP contribution in [0.1, 0.15) is 25.5 Å². The standard InChI is InChI=1S/C19H20BrN5O/c1-19(2)17(26)16(14-10-12(20)8-9-15(14)25-19)24-18(22-11-21)23-13-6-4-3-5-7-13/h3-10,16-17,25-26H,1-2H3,(H2,22,23,24)/t16-,17+/m0/s1. The lowest BCUT2D eigenvalue weighted by Gasteiger charge is -2.42. The van der Waals surface area contributed by atoms with Crippen molar-refractivity contribution in [3.63, 3.8) is 0 Å². The number of nitriles is 1. The number of nitrogens with one attached hydrogen (secondary N) is 3. The van der Waals surface area contributed by atoms with E-state index in [1.807, 2.05) is 68.6 Å². The third kappa shape index (κ3) is 3.82. The summed E-state index contributed by atoms with van der Waals surface area (Å²) in [5.41, 5.74) is 2.00. The summed E-state index contributed by atoms with van der Waals surface area (Å²) in [5.74, 6) is 0.284. The lowest BCUT2D eigenvalue weighted by molar-refractivity contribution is 0.0837. The Morgan fingerprint density at radius 1 is 1.27 bits per heavy atom. The van der Waals surface area contributed by atoms with Crippen LogP contribution in [-0.4, -0.2) is 22.7 Å². The maximum atomic E-state index is 10.9. The van der Waals surface area contributed by atoms with Crippen LogP contribution in [0.5, 0.6) is 0 Å². The van der Waals surface area contributed by atoms with Gasteiger partial charge in [0, 0.05) is 21.4 Å². The van der Waals surface area contributed by atoms with Gasteiger partial charge in [0.05, 0.1) is 5.54 Å². The number of rotatable bonds is 2. The van der Waals surface area contributed by atoms with Crippen LogP contribution in [0, 0.1) is 11.5 Å². The fraction of sp³-hybridized carbons (Fsp3) is 0.263. The van der Waals surface area contributed by atoms with Crippen molar-refractivity contribution in [3.8, 4) is 6.19 Å². The summed E-state index contributed by atoms with van der Waals surface area (Å²) < 4.78 is 0.899. The zero-order valence-corrected chi connectivity index (χ0v) is 16.1. The number of aliphatic imine (C=N–C) groups is 1. The summed E-state index contributed by atoms with van der Waals surface area (Å²) in [6, 6.07) is 14.7. The van der Waals surface area contributed by atoms with Gasteiger partial charge in [-0.2, -0.15) is 5.26 Å². The van der Waals surface area contributed by atoms with E-state index in [-0.39, 0.29) is 5.96 Å². The molecule has 0 unspecified atom stereocenters. The molecule has 0 aliphatic carbocycles. The largest absolute Gasteiger partial charge is 0.388 e. The average molecular weight is 414 g/mol. The molecule has 3 rings (SSSR count). The number of para-hydroxylation sites is 1. The number of aliphatic hydroxyl groups is 1. The van der Waals surface area contributed by atoms with E-state index >= 15 is 0 Å². The number of hydrogen-bond donors (Lipinski definition) is 4. The lowest BCUT2D eigenvalue weighted by atomic mass is 9.83. The van der Waals surface area contributed by atoms with Gasteiger partial charge in [-0.15, -0.1) is 0 Å². The molecule has 0 saturated carbocycles. The maximum Gasteiger partial charge on any atom is 0.209 e. The van der Waals surface area contributed by atoms with Gasteiger partial charge in [0.25, 0.3) is 0 Å². The highest BCUT2D eigenvalue weighted by Gasteiger charge is 2.41. The molecule has 0 aromatic heterocycles. The third-order valence-electron chi connectivity index (χ3n) is 4.31. The normalized spacial score (nSPS) is 21.1. The number of nitrogens with zero attached hydrogens (tertiary/aromatic N) is 2. The van der Waals surface area contributed by atoms with Crippen molar-refractivity contribution in [2.75, 3.05) is 10.6 Å². The van der Waals surface area contributed by atoms with Crippen LogP contribution in [-0.2, 0) is 0 Å². The molecule has 6 nitrogen and oxygen atoms in total. The SMILES string of the molecule is CC1(C)Nc2ccc(Br)cc2[C@H](N=C(NC#N)Nc2ccccc2)[C@H]1O. The van der Waals surface area contributed by atoms with Crippen LogP contribution in [0.4, 0.5) is 11.4 Å². The van der Waals surface area contributed by atoms with Gasteiger partial charge in [-0.25, -0.2) is 4.99 Å². The molecule has 1 heterocycles. The Kier molecular flexibility index (Phi) is 5.16. The Morgan fingerprint density at radius 3 is 2.69 bits per heavy atom. The minimum Gasteiger partial charge on any atom is -0.388 e. The number of anilines is 2. The van der Waals surface area contributed by atoms with E-state index in [1.54, 1.807) is 0 Å². The van der Waals surface area contributed by atoms with E-state index in [9.17, 15) is 5.11 Å². The van der Waals surface area contributed by atoms with Crippen LogP contribution in [0.2, 0.25) is 0 Å². The van der Waals surface area contributed by atoms with Crippen molar-refractivity contribution in [2.45, 2.75) is 31.5 Å². The molecular weight excluding hydrogens is 394 g/mol. The van der Waals surface area contributed by atoms with E-state index in [0.29, 0.717) is 0 Å². The first kappa shape index (κ1) is 18.2. The molecule has 1 aliphatic rings. The molecule has 2 aromatic carbocycles. The number of benzene rings is 2. The highest BCUT2D eigenvalue weighted by molar-refractivity contribution is 9.10. The summed E-state index contributed by atoms with van der Waals surface area (Å²) in [6.45, 7) is 3.85. The molecule has 26 heavy (non-hydrogen) atoms. The van der Waals surface area contributed by atoms with E-state index in [0.717, 1.165) is 21.4 Å². The lowest BCUT2D eigenvalue weighted by Crippen LogP contribution is -2.50. The molecule has 2 aromatic rings. The van der Waals surface area contributed by atoms with Gasteiger partial charge in [0.1, 0.15) is 12.1 Å². The van der Waals surface area contributed by atoms with Crippen LogP contribution >= 0.6 is 15.9 Å². The second kappa shape index (κ2) is 7.36. The first-order valence-electron chi connectivity index (χ1n) is 8.21. The first-order chi connectivity index (χ1) is 12.4. The van der Waals surface area contributed by atoms with Gasteiger partial charge in [-0.05, 0) is 44.2 Å². The molecule has 0 amide bonds. The second-order valence-corrected chi connectivity index (χ2v) is 7.59. The van der Waals surface area contributed by atoms with E-state index < -0.39 is 17.7 Å². The number of halogens is 1. The Labute approximate surface area is 161 Å². The molecule has 0 radical (unpaired) electrons. The van der Waals surface area contributed by atoms with Crippen molar-refractivity contribution in [1.29, 1.82) is 5.26 Å². The van der Waals surface area contributed by atoms with Gasteiger partial charge < -0.3 is 15.7 Å². The molecule has 0 fully saturated rings. The summed E-state index contributed by atoms with van der Waals surface area (Å²) in [5, 5.41) is 29.0.